The van der Waals surface area contributed by atoms with Gasteiger partial charge in [-0.3, -0.25) is 4.90 Å². The molecule has 0 radical (unpaired) electrons. The maximum Gasteiger partial charge on any atom is 0.127 e. The zero-order valence-electron chi connectivity index (χ0n) is 11.7. The molecule has 0 amide bonds. The van der Waals surface area contributed by atoms with Gasteiger partial charge >= 0.3 is 0 Å². The Morgan fingerprint density at radius 3 is 3.20 bits per heavy atom. The zero-order valence-corrected chi connectivity index (χ0v) is 12.5. The van der Waals surface area contributed by atoms with Crippen LogP contribution in [0.2, 0.25) is 5.02 Å². The number of likely N-dealkylation sites (tertiary alicyclic amines) is 1. The molecule has 1 aromatic rings. The van der Waals surface area contributed by atoms with Crippen molar-refractivity contribution in [1.29, 1.82) is 0 Å². The number of ether oxygens (including phenoxy) is 1. The first-order valence-corrected chi connectivity index (χ1v) is 8.07. The van der Waals surface area contributed by atoms with Crippen LogP contribution in [0.5, 0.6) is 5.75 Å². The Hall–Kier alpha value is -0.770. The fourth-order valence-electron chi connectivity index (χ4n) is 3.97. The minimum absolute atomic E-state index is 0.692. The van der Waals surface area contributed by atoms with Gasteiger partial charge in [-0.15, -0.1) is 0 Å². The van der Waals surface area contributed by atoms with Gasteiger partial charge in [0.15, 0.2) is 0 Å². The van der Waals surface area contributed by atoms with E-state index in [2.05, 4.69) is 22.3 Å². The van der Waals surface area contributed by atoms with Crippen molar-refractivity contribution in [3.63, 3.8) is 0 Å². The summed E-state index contributed by atoms with van der Waals surface area (Å²) >= 11 is 6.25. The van der Waals surface area contributed by atoms with Crippen LogP contribution in [-0.2, 0) is 13.0 Å². The summed E-state index contributed by atoms with van der Waals surface area (Å²) in [6, 6.07) is 4.83. The smallest absolute Gasteiger partial charge is 0.127 e. The standard InChI is InChI=1S/C16H21ClN2O/c17-14-6-11-3-5-20-16(11)13(7-14)9-19-8-12-2-1-4-18-15(12)10-19/h6-7,12,15,18H,1-5,8-10H2. The number of rotatable bonds is 2. The Labute approximate surface area is 125 Å². The first kappa shape index (κ1) is 12.9. The number of hydrogen-bond donors (Lipinski definition) is 1. The fraction of sp³-hybridized carbons (Fsp3) is 0.625. The molecule has 3 aliphatic rings. The highest BCUT2D eigenvalue weighted by Gasteiger charge is 2.34. The van der Waals surface area contributed by atoms with Crippen LogP contribution in [0.1, 0.15) is 24.0 Å². The van der Waals surface area contributed by atoms with Gasteiger partial charge in [-0.2, -0.15) is 0 Å². The van der Waals surface area contributed by atoms with E-state index in [1.54, 1.807) is 0 Å². The molecule has 4 rings (SSSR count). The molecule has 1 aromatic carbocycles. The lowest BCUT2D eigenvalue weighted by Gasteiger charge is -2.24. The van der Waals surface area contributed by atoms with Crippen molar-refractivity contribution in [2.75, 3.05) is 26.2 Å². The van der Waals surface area contributed by atoms with Crippen LogP contribution in [0.15, 0.2) is 12.1 Å². The largest absolute Gasteiger partial charge is 0.493 e. The third-order valence-corrected chi connectivity index (χ3v) is 5.11. The summed E-state index contributed by atoms with van der Waals surface area (Å²) in [6.45, 7) is 5.32. The third-order valence-electron chi connectivity index (χ3n) is 4.89. The lowest BCUT2D eigenvalue weighted by Crippen LogP contribution is -2.40. The van der Waals surface area contributed by atoms with Gasteiger partial charge in [0, 0.05) is 42.7 Å². The number of nitrogens with zero attached hydrogens (tertiary/aromatic N) is 1. The van der Waals surface area contributed by atoms with E-state index < -0.39 is 0 Å². The van der Waals surface area contributed by atoms with Crippen LogP contribution in [-0.4, -0.2) is 37.2 Å². The SMILES string of the molecule is Clc1cc2c(c(CN3CC4CCCNC4C3)c1)OCC2. The quantitative estimate of drug-likeness (QED) is 0.906. The normalized spacial score (nSPS) is 29.1. The molecule has 2 unspecified atom stereocenters. The van der Waals surface area contributed by atoms with Gasteiger partial charge in [0.05, 0.1) is 6.61 Å². The number of nitrogens with one attached hydrogen (secondary N) is 1. The van der Waals surface area contributed by atoms with Crippen LogP contribution in [0.4, 0.5) is 0 Å². The minimum atomic E-state index is 0.692. The Balaban J connectivity index is 1.52. The summed E-state index contributed by atoms with van der Waals surface area (Å²) < 4.78 is 5.81. The maximum absolute atomic E-state index is 6.25. The first-order chi connectivity index (χ1) is 9.79. The van der Waals surface area contributed by atoms with Gasteiger partial charge in [0.1, 0.15) is 5.75 Å². The Morgan fingerprint density at radius 2 is 2.30 bits per heavy atom. The third kappa shape index (κ3) is 2.32. The van der Waals surface area contributed by atoms with Gasteiger partial charge in [-0.1, -0.05) is 11.6 Å². The molecule has 0 spiro atoms. The van der Waals surface area contributed by atoms with E-state index in [9.17, 15) is 0 Å². The van der Waals surface area contributed by atoms with Gasteiger partial charge in [-0.05, 0) is 43.0 Å². The molecule has 0 bridgehead atoms. The van der Waals surface area contributed by atoms with Crippen molar-refractivity contribution in [1.82, 2.24) is 10.2 Å². The highest BCUT2D eigenvalue weighted by molar-refractivity contribution is 6.30. The molecule has 1 N–H and O–H groups in total. The molecular weight excluding hydrogens is 272 g/mol. The lowest BCUT2D eigenvalue weighted by atomic mass is 9.94. The van der Waals surface area contributed by atoms with Crippen LogP contribution in [0.25, 0.3) is 0 Å². The van der Waals surface area contributed by atoms with E-state index >= 15 is 0 Å². The number of hydrogen-bond acceptors (Lipinski definition) is 3. The second kappa shape index (κ2) is 5.21. The van der Waals surface area contributed by atoms with Crippen LogP contribution < -0.4 is 10.1 Å². The van der Waals surface area contributed by atoms with Crippen molar-refractivity contribution in [3.8, 4) is 5.75 Å². The summed E-state index contributed by atoms with van der Waals surface area (Å²) in [5.74, 6) is 1.93. The zero-order chi connectivity index (χ0) is 13.5. The number of benzene rings is 1. The van der Waals surface area contributed by atoms with Crippen LogP contribution in [0, 0.1) is 5.92 Å². The molecule has 3 heterocycles. The molecule has 3 aliphatic heterocycles. The summed E-state index contributed by atoms with van der Waals surface area (Å²) in [5, 5.41) is 4.51. The van der Waals surface area contributed by atoms with Gasteiger partial charge in [0.25, 0.3) is 0 Å². The van der Waals surface area contributed by atoms with Crippen molar-refractivity contribution >= 4 is 11.6 Å². The predicted molar refractivity (Wildman–Crippen MR) is 80.4 cm³/mol. The topological polar surface area (TPSA) is 24.5 Å². The summed E-state index contributed by atoms with van der Waals surface area (Å²) in [4.78, 5) is 2.56. The molecule has 0 aromatic heterocycles. The average molecular weight is 293 g/mol. The predicted octanol–water partition coefficient (Wildman–Crippen LogP) is 2.46. The molecule has 3 nitrogen and oxygen atoms in total. The highest BCUT2D eigenvalue weighted by atomic mass is 35.5. The second-order valence-corrected chi connectivity index (χ2v) is 6.75. The summed E-state index contributed by atoms with van der Waals surface area (Å²) in [7, 11) is 0. The van der Waals surface area contributed by atoms with Crippen molar-refractivity contribution < 1.29 is 4.74 Å². The Kier molecular flexibility index (Phi) is 3.37. The van der Waals surface area contributed by atoms with E-state index in [0.29, 0.717) is 6.04 Å². The molecular formula is C16H21ClN2O. The van der Waals surface area contributed by atoms with E-state index in [4.69, 9.17) is 16.3 Å². The molecule has 2 fully saturated rings. The molecule has 0 saturated carbocycles. The van der Waals surface area contributed by atoms with Crippen molar-refractivity contribution in [2.45, 2.75) is 31.8 Å². The molecule has 2 saturated heterocycles. The molecule has 4 heteroatoms. The number of halogens is 1. The van der Waals surface area contributed by atoms with Crippen LogP contribution in [0.3, 0.4) is 0 Å². The highest BCUT2D eigenvalue weighted by Crippen LogP contribution is 2.35. The van der Waals surface area contributed by atoms with E-state index in [0.717, 1.165) is 42.8 Å². The number of piperidine rings is 1. The van der Waals surface area contributed by atoms with Gasteiger partial charge < -0.3 is 10.1 Å². The van der Waals surface area contributed by atoms with Crippen LogP contribution >= 0.6 is 11.6 Å². The maximum atomic E-state index is 6.25. The minimum Gasteiger partial charge on any atom is -0.493 e. The van der Waals surface area contributed by atoms with Gasteiger partial charge in [-0.25, -0.2) is 0 Å². The summed E-state index contributed by atoms with van der Waals surface area (Å²) in [5.41, 5.74) is 2.55. The molecule has 2 atom stereocenters. The van der Waals surface area contributed by atoms with E-state index in [-0.39, 0.29) is 0 Å². The molecule has 0 aliphatic carbocycles. The summed E-state index contributed by atoms with van der Waals surface area (Å²) in [6.07, 6.45) is 3.69. The van der Waals surface area contributed by atoms with Crippen molar-refractivity contribution in [2.24, 2.45) is 5.92 Å². The first-order valence-electron chi connectivity index (χ1n) is 7.69. The lowest BCUT2D eigenvalue weighted by molar-refractivity contribution is 0.300. The Morgan fingerprint density at radius 1 is 1.35 bits per heavy atom. The second-order valence-electron chi connectivity index (χ2n) is 6.31. The average Bonchev–Trinajstić information content (AvgIpc) is 3.03. The molecule has 20 heavy (non-hydrogen) atoms. The molecule has 108 valence electrons. The number of fused-ring (bicyclic) bond motifs is 2. The van der Waals surface area contributed by atoms with Gasteiger partial charge in [0.2, 0.25) is 0 Å². The van der Waals surface area contributed by atoms with E-state index in [1.807, 2.05) is 0 Å². The fourth-order valence-corrected chi connectivity index (χ4v) is 4.23. The monoisotopic (exact) mass is 292 g/mol. The van der Waals surface area contributed by atoms with Crippen molar-refractivity contribution in [3.05, 3.63) is 28.3 Å². The van der Waals surface area contributed by atoms with E-state index in [1.165, 1.54) is 37.1 Å². The Bertz CT molecular complexity index is 505.